The van der Waals surface area contributed by atoms with Crippen molar-refractivity contribution < 1.29 is 4.79 Å². The number of aromatic nitrogens is 2. The maximum Gasteiger partial charge on any atom is 0.274 e. The summed E-state index contributed by atoms with van der Waals surface area (Å²) in [5.41, 5.74) is 8.08. The summed E-state index contributed by atoms with van der Waals surface area (Å²) in [5.74, 6) is -0.00414. The number of nitrogen functional groups attached to an aromatic ring is 1. The molecule has 0 radical (unpaired) electrons. The third-order valence-corrected chi connectivity index (χ3v) is 3.48. The molecule has 0 spiro atoms. The largest absolute Gasteiger partial charge is 0.399 e. The Morgan fingerprint density at radius 1 is 1.50 bits per heavy atom. The Balaban J connectivity index is 1.81. The third kappa shape index (κ3) is 2.66. The second-order valence-corrected chi connectivity index (χ2v) is 5.33. The van der Waals surface area contributed by atoms with Gasteiger partial charge in [0.1, 0.15) is 5.69 Å². The van der Waals surface area contributed by atoms with Crippen molar-refractivity contribution in [1.29, 1.82) is 0 Å². The van der Waals surface area contributed by atoms with Gasteiger partial charge in [0.05, 0.1) is 6.33 Å². The molecule has 1 aromatic carbocycles. The van der Waals surface area contributed by atoms with Crippen molar-refractivity contribution >= 4 is 11.6 Å². The van der Waals surface area contributed by atoms with Crippen LogP contribution in [0.1, 0.15) is 28.9 Å². The molecule has 1 amide bonds. The van der Waals surface area contributed by atoms with Crippen LogP contribution in [0.3, 0.4) is 0 Å². The van der Waals surface area contributed by atoms with Gasteiger partial charge in [-0.2, -0.15) is 0 Å². The maximum atomic E-state index is 12.5. The van der Waals surface area contributed by atoms with Crippen LogP contribution in [0.25, 0.3) is 0 Å². The predicted octanol–water partition coefficient (Wildman–Crippen LogP) is 1.81. The van der Waals surface area contributed by atoms with Gasteiger partial charge in [-0.15, -0.1) is 0 Å². The van der Waals surface area contributed by atoms with Crippen molar-refractivity contribution in [2.45, 2.75) is 25.4 Å². The SMILES string of the molecule is Cn1cnc(C(=O)N(Cc2cccc(N)c2)C2CC2)c1. The van der Waals surface area contributed by atoms with Crippen LogP contribution in [0, 0.1) is 0 Å². The van der Waals surface area contributed by atoms with E-state index in [9.17, 15) is 4.79 Å². The summed E-state index contributed by atoms with van der Waals surface area (Å²) in [7, 11) is 1.86. The molecular weight excluding hydrogens is 252 g/mol. The summed E-state index contributed by atoms with van der Waals surface area (Å²) >= 11 is 0. The third-order valence-electron chi connectivity index (χ3n) is 3.48. The van der Waals surface area contributed by atoms with Crippen LogP contribution >= 0.6 is 0 Å². The van der Waals surface area contributed by atoms with Crippen LogP contribution in [0.5, 0.6) is 0 Å². The first-order valence-electron chi connectivity index (χ1n) is 6.77. The summed E-state index contributed by atoms with van der Waals surface area (Å²) in [6.07, 6.45) is 5.55. The molecule has 1 fully saturated rings. The van der Waals surface area contributed by atoms with Gasteiger partial charge >= 0.3 is 0 Å². The topological polar surface area (TPSA) is 64.2 Å². The molecule has 5 heteroatoms. The molecule has 104 valence electrons. The highest BCUT2D eigenvalue weighted by Gasteiger charge is 2.33. The lowest BCUT2D eigenvalue weighted by atomic mass is 10.2. The van der Waals surface area contributed by atoms with Crippen molar-refractivity contribution in [2.75, 3.05) is 5.73 Å². The van der Waals surface area contributed by atoms with Crippen molar-refractivity contribution in [3.8, 4) is 0 Å². The van der Waals surface area contributed by atoms with Gasteiger partial charge in [-0.1, -0.05) is 12.1 Å². The number of amides is 1. The van der Waals surface area contributed by atoms with Crippen LogP contribution in [0.15, 0.2) is 36.8 Å². The molecular formula is C15H18N4O. The Labute approximate surface area is 118 Å². The van der Waals surface area contributed by atoms with Crippen LogP contribution in [-0.4, -0.2) is 26.4 Å². The van der Waals surface area contributed by atoms with E-state index in [4.69, 9.17) is 5.73 Å². The highest BCUT2D eigenvalue weighted by molar-refractivity contribution is 5.92. The average molecular weight is 270 g/mol. The molecule has 3 rings (SSSR count). The number of carbonyl (C=O) groups is 1. The van der Waals surface area contributed by atoms with Gasteiger partial charge < -0.3 is 15.2 Å². The minimum Gasteiger partial charge on any atom is -0.399 e. The molecule has 5 nitrogen and oxygen atoms in total. The fourth-order valence-electron chi connectivity index (χ4n) is 2.31. The second kappa shape index (κ2) is 5.00. The number of benzene rings is 1. The fraction of sp³-hybridized carbons (Fsp3) is 0.333. The van der Waals surface area contributed by atoms with E-state index in [-0.39, 0.29) is 5.91 Å². The molecule has 1 aliphatic carbocycles. The Hall–Kier alpha value is -2.30. The van der Waals surface area contributed by atoms with E-state index in [1.165, 1.54) is 0 Å². The quantitative estimate of drug-likeness (QED) is 0.862. The van der Waals surface area contributed by atoms with Crippen molar-refractivity contribution in [3.63, 3.8) is 0 Å². The minimum absolute atomic E-state index is 0.00414. The van der Waals surface area contributed by atoms with Gasteiger partial charge in [0.25, 0.3) is 5.91 Å². The number of nitrogens with two attached hydrogens (primary N) is 1. The summed E-state index contributed by atoms with van der Waals surface area (Å²) in [5, 5.41) is 0. The molecule has 2 aromatic rings. The van der Waals surface area contributed by atoms with E-state index in [1.54, 1.807) is 17.1 Å². The highest BCUT2D eigenvalue weighted by atomic mass is 16.2. The van der Waals surface area contributed by atoms with E-state index in [0.717, 1.165) is 24.1 Å². The zero-order valence-corrected chi connectivity index (χ0v) is 11.5. The molecule has 0 unspecified atom stereocenters. The first kappa shape index (κ1) is 12.7. The lowest BCUT2D eigenvalue weighted by molar-refractivity contribution is 0.0724. The van der Waals surface area contributed by atoms with Crippen molar-refractivity contribution in [1.82, 2.24) is 14.5 Å². The summed E-state index contributed by atoms with van der Waals surface area (Å²) in [6, 6.07) is 8.02. The van der Waals surface area contributed by atoms with E-state index in [2.05, 4.69) is 4.98 Å². The summed E-state index contributed by atoms with van der Waals surface area (Å²) < 4.78 is 1.79. The fourth-order valence-corrected chi connectivity index (χ4v) is 2.31. The van der Waals surface area contributed by atoms with Gasteiger partial charge in [-0.3, -0.25) is 4.79 Å². The van der Waals surface area contributed by atoms with E-state index in [1.807, 2.05) is 36.2 Å². The molecule has 0 saturated heterocycles. The van der Waals surface area contributed by atoms with Gasteiger partial charge in [-0.25, -0.2) is 4.98 Å². The zero-order valence-electron chi connectivity index (χ0n) is 11.5. The molecule has 1 aromatic heterocycles. The number of hydrogen-bond donors (Lipinski definition) is 1. The first-order valence-corrected chi connectivity index (χ1v) is 6.77. The van der Waals surface area contributed by atoms with Crippen LogP contribution in [-0.2, 0) is 13.6 Å². The lowest BCUT2D eigenvalue weighted by Gasteiger charge is -2.21. The number of anilines is 1. The van der Waals surface area contributed by atoms with Crippen LogP contribution in [0.2, 0.25) is 0 Å². The smallest absolute Gasteiger partial charge is 0.274 e. The number of nitrogens with zero attached hydrogens (tertiary/aromatic N) is 3. The van der Waals surface area contributed by atoms with E-state index in [0.29, 0.717) is 18.3 Å². The molecule has 1 aliphatic rings. The van der Waals surface area contributed by atoms with E-state index >= 15 is 0 Å². The molecule has 0 atom stereocenters. The normalized spacial score (nSPS) is 14.2. The number of aryl methyl sites for hydroxylation is 1. The Kier molecular flexibility index (Phi) is 3.18. The van der Waals surface area contributed by atoms with Gasteiger partial charge in [0.2, 0.25) is 0 Å². The molecule has 1 saturated carbocycles. The zero-order chi connectivity index (χ0) is 14.1. The first-order chi connectivity index (χ1) is 9.63. The molecule has 0 bridgehead atoms. The summed E-state index contributed by atoms with van der Waals surface area (Å²) in [4.78, 5) is 18.6. The van der Waals surface area contributed by atoms with Crippen molar-refractivity contribution in [3.05, 3.63) is 48.0 Å². The minimum atomic E-state index is -0.00414. The molecule has 1 heterocycles. The summed E-state index contributed by atoms with van der Waals surface area (Å²) in [6.45, 7) is 0.588. The predicted molar refractivity (Wildman–Crippen MR) is 77.0 cm³/mol. The van der Waals surface area contributed by atoms with Gasteiger partial charge in [-0.05, 0) is 30.5 Å². The van der Waals surface area contributed by atoms with Crippen LogP contribution in [0.4, 0.5) is 5.69 Å². The Bertz CT molecular complexity index is 630. The maximum absolute atomic E-state index is 12.5. The van der Waals surface area contributed by atoms with E-state index < -0.39 is 0 Å². The number of imidazole rings is 1. The monoisotopic (exact) mass is 270 g/mol. The van der Waals surface area contributed by atoms with Gasteiger partial charge in [0.15, 0.2) is 0 Å². The lowest BCUT2D eigenvalue weighted by Crippen LogP contribution is -2.32. The molecule has 2 N–H and O–H groups in total. The van der Waals surface area contributed by atoms with Gasteiger partial charge in [0, 0.05) is 31.5 Å². The molecule has 0 aliphatic heterocycles. The number of carbonyl (C=O) groups excluding carboxylic acids is 1. The molecule has 20 heavy (non-hydrogen) atoms. The Morgan fingerprint density at radius 2 is 2.30 bits per heavy atom. The van der Waals surface area contributed by atoms with Crippen LogP contribution < -0.4 is 5.73 Å². The average Bonchev–Trinajstić information content (AvgIpc) is 3.17. The standard InChI is InChI=1S/C15H18N4O/c1-18-9-14(17-10-18)15(20)19(13-5-6-13)8-11-3-2-4-12(16)7-11/h2-4,7,9-10,13H,5-6,8,16H2,1H3. The highest BCUT2D eigenvalue weighted by Crippen LogP contribution is 2.29. The second-order valence-electron chi connectivity index (χ2n) is 5.33. The Morgan fingerprint density at radius 3 is 2.90 bits per heavy atom. The number of hydrogen-bond acceptors (Lipinski definition) is 3. The number of rotatable bonds is 4. The van der Waals surface area contributed by atoms with Crippen molar-refractivity contribution in [2.24, 2.45) is 7.05 Å².